The third-order valence-electron chi connectivity index (χ3n) is 5.46. The van der Waals surface area contributed by atoms with Crippen LogP contribution in [-0.2, 0) is 11.3 Å². The monoisotopic (exact) mass is 525 g/mol. The van der Waals surface area contributed by atoms with Crippen LogP contribution in [0.2, 0.25) is 0 Å². The number of anilines is 1. The summed E-state index contributed by atoms with van der Waals surface area (Å²) in [4.78, 5) is 29.7. The van der Waals surface area contributed by atoms with Crippen molar-refractivity contribution in [2.45, 2.75) is 31.4 Å². The lowest BCUT2D eigenvalue weighted by Crippen LogP contribution is -2.74. The molecule has 0 unspecified atom stereocenters. The molecule has 0 bridgehead atoms. The van der Waals surface area contributed by atoms with Crippen LogP contribution in [0.25, 0.3) is 0 Å². The van der Waals surface area contributed by atoms with Crippen LogP contribution in [0.4, 0.5) is 32.0 Å². The Kier molecular flexibility index (Phi) is 8.09. The van der Waals surface area contributed by atoms with Gasteiger partial charge >= 0.3 is 12.4 Å². The van der Waals surface area contributed by atoms with Gasteiger partial charge < -0.3 is 15.1 Å². The molecule has 37 heavy (non-hydrogen) atoms. The maximum absolute atomic E-state index is 14.6. The molecule has 3 rings (SSSR count). The van der Waals surface area contributed by atoms with Gasteiger partial charge in [0.15, 0.2) is 0 Å². The Hall–Kier alpha value is -4.09. The van der Waals surface area contributed by atoms with E-state index >= 15 is 0 Å². The van der Waals surface area contributed by atoms with Crippen LogP contribution in [-0.4, -0.2) is 35.4 Å². The molecule has 3 aromatic rings. The van der Waals surface area contributed by atoms with Crippen molar-refractivity contribution in [3.8, 4) is 0 Å². The molecule has 0 saturated carbocycles. The average molecular weight is 525 g/mol. The second-order valence-electron chi connectivity index (χ2n) is 7.95. The molecule has 0 aliphatic carbocycles. The van der Waals surface area contributed by atoms with Crippen molar-refractivity contribution >= 4 is 23.2 Å². The molecule has 196 valence electrons. The number of aliphatic imine (C=N–C) groups is 1. The number of nitrogens with one attached hydrogen (secondary N) is 2. The number of amides is 2. The number of carbonyl (C=O) groups is 2. The SMILES string of the molecule is CC(=NCc1ccco1)[C@@H](C(=O)Nc1ccccc1)C(NC(=O)c1ccccc1)(C(F)(F)F)C(F)(F)F. The lowest BCUT2D eigenvalue weighted by molar-refractivity contribution is -0.310. The summed E-state index contributed by atoms with van der Waals surface area (Å²) in [6, 6.07) is 15.9. The Morgan fingerprint density at radius 1 is 0.865 bits per heavy atom. The maximum Gasteiger partial charge on any atom is 0.421 e. The van der Waals surface area contributed by atoms with Gasteiger partial charge in [-0.1, -0.05) is 36.4 Å². The predicted octanol–water partition coefficient (Wildman–Crippen LogP) is 5.79. The van der Waals surface area contributed by atoms with E-state index in [-0.39, 0.29) is 11.4 Å². The van der Waals surface area contributed by atoms with E-state index < -0.39 is 53.4 Å². The Balaban J connectivity index is 2.19. The summed E-state index contributed by atoms with van der Waals surface area (Å²) < 4.78 is 92.5. The van der Waals surface area contributed by atoms with Gasteiger partial charge in [0.1, 0.15) is 11.7 Å². The minimum Gasteiger partial charge on any atom is -0.467 e. The Bertz CT molecular complexity index is 1210. The smallest absolute Gasteiger partial charge is 0.421 e. The molecule has 0 radical (unpaired) electrons. The average Bonchev–Trinajstić information content (AvgIpc) is 3.35. The van der Waals surface area contributed by atoms with E-state index in [9.17, 15) is 35.9 Å². The predicted molar refractivity (Wildman–Crippen MR) is 123 cm³/mol. The Labute approximate surface area is 207 Å². The summed E-state index contributed by atoms with van der Waals surface area (Å²) in [5.74, 6) is -6.24. The van der Waals surface area contributed by atoms with Crippen molar-refractivity contribution in [1.29, 1.82) is 0 Å². The Morgan fingerprint density at radius 3 is 1.95 bits per heavy atom. The number of furan rings is 1. The molecular weight excluding hydrogens is 504 g/mol. The van der Waals surface area contributed by atoms with Crippen molar-refractivity contribution in [2.75, 3.05) is 5.32 Å². The number of nitrogens with zero attached hydrogens (tertiary/aromatic N) is 1. The van der Waals surface area contributed by atoms with Gasteiger partial charge in [0, 0.05) is 17.0 Å². The molecule has 1 aromatic heterocycles. The van der Waals surface area contributed by atoms with Crippen molar-refractivity contribution in [1.82, 2.24) is 5.32 Å². The van der Waals surface area contributed by atoms with E-state index in [4.69, 9.17) is 4.42 Å². The molecule has 2 amide bonds. The lowest BCUT2D eigenvalue weighted by Gasteiger charge is -2.42. The molecule has 0 saturated heterocycles. The first-order chi connectivity index (χ1) is 17.4. The number of hydrogen-bond donors (Lipinski definition) is 2. The van der Waals surface area contributed by atoms with E-state index in [0.717, 1.165) is 24.4 Å². The van der Waals surface area contributed by atoms with Crippen LogP contribution in [0.1, 0.15) is 23.0 Å². The minimum atomic E-state index is -6.17. The number of alkyl halides is 6. The van der Waals surface area contributed by atoms with Crippen LogP contribution in [0.5, 0.6) is 0 Å². The zero-order chi connectivity index (χ0) is 27.3. The summed E-state index contributed by atoms with van der Waals surface area (Å²) in [5, 5.41) is 3.20. The first kappa shape index (κ1) is 27.5. The van der Waals surface area contributed by atoms with Crippen molar-refractivity contribution < 1.29 is 40.3 Å². The van der Waals surface area contributed by atoms with Gasteiger partial charge in [-0.05, 0) is 43.3 Å². The van der Waals surface area contributed by atoms with Gasteiger partial charge in [0.2, 0.25) is 11.4 Å². The van der Waals surface area contributed by atoms with Crippen molar-refractivity contribution in [2.24, 2.45) is 10.9 Å². The fourth-order valence-electron chi connectivity index (χ4n) is 3.67. The van der Waals surface area contributed by atoms with Gasteiger partial charge in [-0.15, -0.1) is 0 Å². The fraction of sp³-hybridized carbons (Fsp3) is 0.240. The second-order valence-corrected chi connectivity index (χ2v) is 7.95. The van der Waals surface area contributed by atoms with Crippen molar-refractivity contribution in [3.05, 3.63) is 90.4 Å². The highest BCUT2D eigenvalue weighted by atomic mass is 19.4. The van der Waals surface area contributed by atoms with E-state index in [0.29, 0.717) is 0 Å². The van der Waals surface area contributed by atoms with Crippen LogP contribution < -0.4 is 10.6 Å². The highest BCUT2D eigenvalue weighted by Gasteiger charge is 2.77. The first-order valence-corrected chi connectivity index (χ1v) is 10.8. The van der Waals surface area contributed by atoms with Gasteiger partial charge in [0.25, 0.3) is 5.91 Å². The summed E-state index contributed by atoms with van der Waals surface area (Å²) >= 11 is 0. The highest BCUT2D eigenvalue weighted by molar-refractivity contribution is 6.10. The summed E-state index contributed by atoms with van der Waals surface area (Å²) in [5.41, 5.74) is -6.37. The standard InChI is InChI=1S/C25H21F6N3O3/c1-16(32-15-19-13-8-14-37-19)20(22(36)33-18-11-6-3-7-12-18)23(24(26,27)28,25(29,30)31)34-21(35)17-9-4-2-5-10-17/h2-14,20H,15H2,1H3,(H,33,36)(H,34,35)/t20-/m0/s1. The van der Waals surface area contributed by atoms with Crippen molar-refractivity contribution in [3.63, 3.8) is 0 Å². The zero-order valence-corrected chi connectivity index (χ0v) is 19.2. The van der Waals surface area contributed by atoms with Crippen LogP contribution in [0.3, 0.4) is 0 Å². The summed E-state index contributed by atoms with van der Waals surface area (Å²) in [6.07, 6.45) is -11.1. The van der Waals surface area contributed by atoms with Gasteiger partial charge in [0.05, 0.1) is 12.8 Å². The molecule has 2 N–H and O–H groups in total. The Morgan fingerprint density at radius 2 is 1.43 bits per heavy atom. The second kappa shape index (κ2) is 10.9. The third kappa shape index (κ3) is 6.01. The van der Waals surface area contributed by atoms with E-state index in [1.54, 1.807) is 6.07 Å². The molecule has 6 nitrogen and oxygen atoms in total. The molecule has 0 aliphatic rings. The fourth-order valence-corrected chi connectivity index (χ4v) is 3.67. The molecule has 1 atom stereocenters. The van der Waals surface area contributed by atoms with Crippen LogP contribution in [0, 0.1) is 5.92 Å². The number of carbonyl (C=O) groups excluding carboxylic acids is 2. The number of hydrogen-bond acceptors (Lipinski definition) is 4. The number of rotatable bonds is 8. The largest absolute Gasteiger partial charge is 0.467 e. The molecule has 12 heteroatoms. The lowest BCUT2D eigenvalue weighted by atomic mass is 9.78. The quantitative estimate of drug-likeness (QED) is 0.289. The molecule has 1 heterocycles. The number of para-hydroxylation sites is 1. The van der Waals surface area contributed by atoms with Gasteiger partial charge in [-0.3, -0.25) is 14.6 Å². The molecule has 0 spiro atoms. The topological polar surface area (TPSA) is 83.7 Å². The van der Waals surface area contributed by atoms with E-state index in [1.165, 1.54) is 60.9 Å². The van der Waals surface area contributed by atoms with E-state index in [1.807, 2.05) is 0 Å². The minimum absolute atomic E-state index is 0.0519. The molecule has 0 aliphatic heterocycles. The molecule has 2 aromatic carbocycles. The summed E-state index contributed by atoms with van der Waals surface area (Å²) in [6.45, 7) is 0.422. The van der Waals surface area contributed by atoms with Gasteiger partial charge in [-0.25, -0.2) is 0 Å². The summed E-state index contributed by atoms with van der Waals surface area (Å²) in [7, 11) is 0. The highest BCUT2D eigenvalue weighted by Crippen LogP contribution is 2.49. The normalized spacial score (nSPS) is 13.6. The molecule has 0 fully saturated rings. The van der Waals surface area contributed by atoms with Crippen LogP contribution >= 0.6 is 0 Å². The van der Waals surface area contributed by atoms with Crippen LogP contribution in [0.15, 0.2) is 88.5 Å². The maximum atomic E-state index is 14.6. The zero-order valence-electron chi connectivity index (χ0n) is 19.2. The van der Waals surface area contributed by atoms with E-state index in [2.05, 4.69) is 10.3 Å². The number of benzene rings is 2. The van der Waals surface area contributed by atoms with Gasteiger partial charge in [-0.2, -0.15) is 26.3 Å². The number of halogens is 6. The third-order valence-corrected chi connectivity index (χ3v) is 5.46. The molecular formula is C25H21F6N3O3. The first-order valence-electron chi connectivity index (χ1n) is 10.8.